The van der Waals surface area contributed by atoms with E-state index in [0.29, 0.717) is 28.0 Å². The van der Waals surface area contributed by atoms with Crippen LogP contribution in [-0.2, 0) is 0 Å². The van der Waals surface area contributed by atoms with E-state index in [1.54, 1.807) is 6.92 Å². The number of halogens is 2. The molecule has 0 aliphatic rings. The Morgan fingerprint density at radius 2 is 1.65 bits per heavy atom. The Labute approximate surface area is 179 Å². The van der Waals surface area contributed by atoms with E-state index in [-0.39, 0.29) is 17.0 Å². The highest BCUT2D eigenvalue weighted by molar-refractivity contribution is 5.84. The Hall–Kier alpha value is -3.47. The highest BCUT2D eigenvalue weighted by atomic mass is 19.2. The lowest BCUT2D eigenvalue weighted by molar-refractivity contribution is 0.503. The van der Waals surface area contributed by atoms with Crippen molar-refractivity contribution < 1.29 is 13.2 Å². The SMILES string of the molecule is Cc1cc([C@@H](C)Nc2ccc(F)c(F)c2C)c2oc(-c3ccccc3)c(C)c(=O)c2c1. The minimum atomic E-state index is -0.884. The summed E-state index contributed by atoms with van der Waals surface area (Å²) in [6.45, 7) is 7.11. The maximum atomic E-state index is 14.0. The van der Waals surface area contributed by atoms with Crippen molar-refractivity contribution >= 4 is 16.7 Å². The first-order valence-corrected chi connectivity index (χ1v) is 10.1. The molecular weight excluding hydrogens is 396 g/mol. The first-order chi connectivity index (χ1) is 14.8. The van der Waals surface area contributed by atoms with Crippen LogP contribution >= 0.6 is 0 Å². The third-order valence-corrected chi connectivity index (χ3v) is 5.61. The summed E-state index contributed by atoms with van der Waals surface area (Å²) in [5, 5.41) is 3.74. The van der Waals surface area contributed by atoms with Crippen molar-refractivity contribution in [1.82, 2.24) is 0 Å². The van der Waals surface area contributed by atoms with Crippen LogP contribution in [0.25, 0.3) is 22.3 Å². The first-order valence-electron chi connectivity index (χ1n) is 10.1. The number of aryl methyl sites for hydroxylation is 1. The second-order valence-corrected chi connectivity index (χ2v) is 7.88. The number of nitrogens with one attached hydrogen (secondary N) is 1. The summed E-state index contributed by atoms with van der Waals surface area (Å²) in [5.41, 5.74) is 4.15. The van der Waals surface area contributed by atoms with Gasteiger partial charge in [-0.15, -0.1) is 0 Å². The monoisotopic (exact) mass is 419 g/mol. The number of hydrogen-bond acceptors (Lipinski definition) is 3. The van der Waals surface area contributed by atoms with Gasteiger partial charge in [-0.05, 0) is 51.5 Å². The van der Waals surface area contributed by atoms with Gasteiger partial charge in [0.25, 0.3) is 0 Å². The Bertz CT molecular complexity index is 1340. The third-order valence-electron chi connectivity index (χ3n) is 5.61. The van der Waals surface area contributed by atoms with E-state index in [1.807, 2.05) is 56.3 Å². The van der Waals surface area contributed by atoms with Gasteiger partial charge >= 0.3 is 0 Å². The van der Waals surface area contributed by atoms with E-state index in [9.17, 15) is 13.6 Å². The van der Waals surface area contributed by atoms with Gasteiger partial charge in [-0.1, -0.05) is 36.4 Å². The highest BCUT2D eigenvalue weighted by Gasteiger charge is 2.20. The van der Waals surface area contributed by atoms with Crippen LogP contribution in [0, 0.1) is 32.4 Å². The standard InChI is InChI=1S/C26H23F2NO2/c1-14-12-19(17(4)29-22-11-10-21(27)23(28)15(22)2)26-20(13-14)24(30)16(3)25(31-26)18-8-6-5-7-9-18/h5-13,17,29H,1-4H3/t17-/m1/s1. The van der Waals surface area contributed by atoms with Gasteiger partial charge in [-0.2, -0.15) is 0 Å². The zero-order chi connectivity index (χ0) is 22.3. The summed E-state index contributed by atoms with van der Waals surface area (Å²) in [7, 11) is 0. The van der Waals surface area contributed by atoms with Crippen LogP contribution in [0.5, 0.6) is 0 Å². The van der Waals surface area contributed by atoms with Crippen LogP contribution in [0.1, 0.15) is 35.2 Å². The molecule has 0 aliphatic carbocycles. The van der Waals surface area contributed by atoms with Gasteiger partial charge < -0.3 is 9.73 Å². The normalized spacial score (nSPS) is 12.2. The molecule has 0 aliphatic heterocycles. The molecule has 1 heterocycles. The Morgan fingerprint density at radius 1 is 0.935 bits per heavy atom. The second kappa shape index (κ2) is 7.99. The molecule has 0 amide bonds. The van der Waals surface area contributed by atoms with Crippen LogP contribution in [0.2, 0.25) is 0 Å². The van der Waals surface area contributed by atoms with Crippen LogP contribution in [-0.4, -0.2) is 0 Å². The number of rotatable bonds is 4. The molecule has 3 nitrogen and oxygen atoms in total. The molecule has 4 aromatic rings. The lowest BCUT2D eigenvalue weighted by atomic mass is 9.98. The van der Waals surface area contributed by atoms with Crippen molar-refractivity contribution in [2.45, 2.75) is 33.7 Å². The van der Waals surface area contributed by atoms with Crippen LogP contribution in [0.3, 0.4) is 0 Å². The maximum absolute atomic E-state index is 14.0. The Balaban J connectivity index is 1.89. The molecule has 4 rings (SSSR count). The lowest BCUT2D eigenvalue weighted by Crippen LogP contribution is -2.13. The molecule has 1 N–H and O–H groups in total. The minimum absolute atomic E-state index is 0.0822. The third kappa shape index (κ3) is 3.72. The van der Waals surface area contributed by atoms with Crippen LogP contribution < -0.4 is 10.7 Å². The molecule has 5 heteroatoms. The summed E-state index contributed by atoms with van der Waals surface area (Å²) in [4.78, 5) is 13.2. The van der Waals surface area contributed by atoms with E-state index in [2.05, 4.69) is 5.32 Å². The molecule has 0 saturated heterocycles. The topological polar surface area (TPSA) is 42.2 Å². The fourth-order valence-corrected chi connectivity index (χ4v) is 3.87. The average molecular weight is 419 g/mol. The highest BCUT2D eigenvalue weighted by Crippen LogP contribution is 2.33. The summed E-state index contributed by atoms with van der Waals surface area (Å²) in [6.07, 6.45) is 0. The smallest absolute Gasteiger partial charge is 0.196 e. The van der Waals surface area contributed by atoms with Crippen molar-refractivity contribution in [1.29, 1.82) is 0 Å². The molecule has 0 unspecified atom stereocenters. The number of anilines is 1. The summed E-state index contributed by atoms with van der Waals surface area (Å²) in [5.74, 6) is -1.23. The van der Waals surface area contributed by atoms with Crippen LogP contribution in [0.4, 0.5) is 14.5 Å². The minimum Gasteiger partial charge on any atom is -0.455 e. The van der Waals surface area contributed by atoms with E-state index < -0.39 is 11.6 Å². The quantitative estimate of drug-likeness (QED) is 0.394. The zero-order valence-electron chi connectivity index (χ0n) is 17.8. The predicted molar refractivity (Wildman–Crippen MR) is 121 cm³/mol. The number of fused-ring (bicyclic) bond motifs is 1. The van der Waals surface area contributed by atoms with Gasteiger partial charge in [0.2, 0.25) is 0 Å². The van der Waals surface area contributed by atoms with Crippen molar-refractivity contribution in [2.75, 3.05) is 5.32 Å². The molecule has 0 fully saturated rings. The molecule has 0 radical (unpaired) electrons. The van der Waals surface area contributed by atoms with E-state index >= 15 is 0 Å². The molecule has 1 atom stereocenters. The van der Waals surface area contributed by atoms with E-state index in [1.165, 1.54) is 13.0 Å². The Kier molecular flexibility index (Phi) is 5.36. The summed E-state index contributed by atoms with van der Waals surface area (Å²) >= 11 is 0. The average Bonchev–Trinajstić information content (AvgIpc) is 2.77. The van der Waals surface area contributed by atoms with Gasteiger partial charge in [0.1, 0.15) is 11.3 Å². The molecule has 0 bridgehead atoms. The first kappa shape index (κ1) is 20.8. The largest absolute Gasteiger partial charge is 0.455 e. The lowest BCUT2D eigenvalue weighted by Gasteiger charge is -2.20. The fraction of sp³-hybridized carbons (Fsp3) is 0.192. The van der Waals surface area contributed by atoms with Gasteiger partial charge in [0.05, 0.1) is 11.4 Å². The van der Waals surface area contributed by atoms with Crippen molar-refractivity contribution in [3.8, 4) is 11.3 Å². The molecule has 31 heavy (non-hydrogen) atoms. The van der Waals surface area contributed by atoms with Gasteiger partial charge in [-0.3, -0.25) is 4.79 Å². The number of benzene rings is 3. The van der Waals surface area contributed by atoms with Gasteiger partial charge in [-0.25, -0.2) is 8.78 Å². The van der Waals surface area contributed by atoms with Crippen molar-refractivity contribution in [3.63, 3.8) is 0 Å². The maximum Gasteiger partial charge on any atom is 0.196 e. The Morgan fingerprint density at radius 3 is 2.35 bits per heavy atom. The molecule has 3 aromatic carbocycles. The van der Waals surface area contributed by atoms with Gasteiger partial charge in [0, 0.05) is 27.9 Å². The van der Waals surface area contributed by atoms with Crippen LogP contribution in [0.15, 0.2) is 63.8 Å². The fourth-order valence-electron chi connectivity index (χ4n) is 3.87. The molecule has 0 spiro atoms. The van der Waals surface area contributed by atoms with Gasteiger partial charge in [0.15, 0.2) is 17.1 Å². The summed E-state index contributed by atoms with van der Waals surface area (Å²) in [6, 6.07) is 15.6. The molecule has 1 aromatic heterocycles. The van der Waals surface area contributed by atoms with Crippen molar-refractivity contribution in [3.05, 3.63) is 98.7 Å². The predicted octanol–water partition coefficient (Wildman–Crippen LogP) is 6.84. The molecular formula is C26H23F2NO2. The second-order valence-electron chi connectivity index (χ2n) is 7.88. The summed E-state index contributed by atoms with van der Waals surface area (Å²) < 4.78 is 33.8. The van der Waals surface area contributed by atoms with E-state index in [0.717, 1.165) is 22.8 Å². The molecule has 158 valence electrons. The van der Waals surface area contributed by atoms with Crippen molar-refractivity contribution in [2.24, 2.45) is 0 Å². The zero-order valence-corrected chi connectivity index (χ0v) is 17.8. The number of hydrogen-bond donors (Lipinski definition) is 1. The van der Waals surface area contributed by atoms with E-state index in [4.69, 9.17) is 4.42 Å². The molecule has 0 saturated carbocycles.